The average molecular weight is 346 g/mol. The first kappa shape index (κ1) is 19.0. The molecule has 1 aliphatic rings. The lowest BCUT2D eigenvalue weighted by molar-refractivity contribution is -0.125. The van der Waals surface area contributed by atoms with Gasteiger partial charge in [0.15, 0.2) is 0 Å². The molecule has 0 saturated carbocycles. The number of Topliss-reactive ketones (excluding diaryl/α,β-unsaturated/α-hetero) is 1. The molecule has 1 heterocycles. The number of hydrogen-bond donors (Lipinski definition) is 1. The van der Waals surface area contributed by atoms with Gasteiger partial charge in [-0.15, -0.1) is 0 Å². The molecule has 0 aliphatic carbocycles. The molecule has 2 rings (SSSR count). The number of rotatable bonds is 7. The van der Waals surface area contributed by atoms with Crippen molar-refractivity contribution in [3.05, 3.63) is 29.8 Å². The first-order valence-corrected chi connectivity index (χ1v) is 8.80. The zero-order valence-electron chi connectivity index (χ0n) is 14.9. The Morgan fingerprint density at radius 3 is 2.32 bits per heavy atom. The van der Waals surface area contributed by atoms with Crippen LogP contribution < -0.4 is 10.1 Å². The highest BCUT2D eigenvalue weighted by Crippen LogP contribution is 2.17. The van der Waals surface area contributed by atoms with Crippen LogP contribution in [0.15, 0.2) is 24.3 Å². The van der Waals surface area contributed by atoms with Crippen molar-refractivity contribution in [3.8, 4) is 5.75 Å². The van der Waals surface area contributed by atoms with Crippen molar-refractivity contribution >= 4 is 17.6 Å². The van der Waals surface area contributed by atoms with Crippen molar-refractivity contribution in [1.29, 1.82) is 0 Å². The molecule has 25 heavy (non-hydrogen) atoms. The summed E-state index contributed by atoms with van der Waals surface area (Å²) in [7, 11) is 0. The fraction of sp³-hybridized carbons (Fsp3) is 0.526. The van der Waals surface area contributed by atoms with E-state index in [1.54, 1.807) is 24.3 Å². The molecule has 6 heteroatoms. The van der Waals surface area contributed by atoms with Crippen molar-refractivity contribution in [1.82, 2.24) is 10.2 Å². The molecular formula is C19H26N2O4. The zero-order chi connectivity index (χ0) is 18.2. The van der Waals surface area contributed by atoms with E-state index in [1.165, 1.54) is 6.92 Å². The Balaban J connectivity index is 1.79. The minimum atomic E-state index is -0.0912. The quantitative estimate of drug-likeness (QED) is 0.821. The van der Waals surface area contributed by atoms with Crippen molar-refractivity contribution in [2.45, 2.75) is 45.6 Å². The van der Waals surface area contributed by atoms with Crippen molar-refractivity contribution in [2.24, 2.45) is 0 Å². The molecule has 1 saturated heterocycles. The van der Waals surface area contributed by atoms with E-state index in [0.29, 0.717) is 25.3 Å². The van der Waals surface area contributed by atoms with Crippen LogP contribution in [0.2, 0.25) is 0 Å². The molecule has 0 atom stereocenters. The van der Waals surface area contributed by atoms with Crippen LogP contribution in [0, 0.1) is 0 Å². The second-order valence-corrected chi connectivity index (χ2v) is 6.29. The standard InChI is InChI=1S/C19H26N2O4/c1-3-25-17-7-5-15(6-8-17)19(24)21-12-10-16(11-13-21)20-18(23)9-4-14(2)22/h5-8,16H,3-4,9-13H2,1-2H3,(H,20,23). The summed E-state index contributed by atoms with van der Waals surface area (Å²) in [4.78, 5) is 37.0. The summed E-state index contributed by atoms with van der Waals surface area (Å²) in [5, 5.41) is 2.95. The van der Waals surface area contributed by atoms with Crippen LogP contribution in [0.1, 0.15) is 49.9 Å². The SMILES string of the molecule is CCOc1ccc(C(=O)N2CCC(NC(=O)CCC(C)=O)CC2)cc1. The molecule has 136 valence electrons. The van der Waals surface area contributed by atoms with Gasteiger partial charge >= 0.3 is 0 Å². The van der Waals surface area contributed by atoms with E-state index in [0.717, 1.165) is 18.6 Å². The van der Waals surface area contributed by atoms with Crippen LogP contribution in [-0.2, 0) is 9.59 Å². The lowest BCUT2D eigenvalue weighted by Crippen LogP contribution is -2.46. The van der Waals surface area contributed by atoms with Gasteiger partial charge < -0.3 is 19.7 Å². The summed E-state index contributed by atoms with van der Waals surface area (Å²) in [6, 6.07) is 7.24. The van der Waals surface area contributed by atoms with E-state index in [4.69, 9.17) is 4.74 Å². The molecule has 0 unspecified atom stereocenters. The number of piperidine rings is 1. The van der Waals surface area contributed by atoms with Crippen molar-refractivity contribution in [3.63, 3.8) is 0 Å². The number of hydrogen-bond acceptors (Lipinski definition) is 4. The third-order valence-corrected chi connectivity index (χ3v) is 4.26. The number of nitrogens with one attached hydrogen (secondary N) is 1. The van der Waals surface area contributed by atoms with Gasteiger partial charge in [0, 0.05) is 37.5 Å². The van der Waals surface area contributed by atoms with Gasteiger partial charge in [0.2, 0.25) is 5.91 Å². The molecule has 0 aromatic heterocycles. The molecule has 0 bridgehead atoms. The lowest BCUT2D eigenvalue weighted by Gasteiger charge is -2.32. The maximum atomic E-state index is 12.5. The number of nitrogens with zero attached hydrogens (tertiary/aromatic N) is 1. The molecular weight excluding hydrogens is 320 g/mol. The number of ether oxygens (including phenoxy) is 1. The molecule has 1 aromatic carbocycles. The van der Waals surface area contributed by atoms with Gasteiger partial charge in [0.05, 0.1) is 6.61 Å². The van der Waals surface area contributed by atoms with Crippen LogP contribution in [0.3, 0.4) is 0 Å². The summed E-state index contributed by atoms with van der Waals surface area (Å²) in [6.07, 6.45) is 1.98. The summed E-state index contributed by atoms with van der Waals surface area (Å²) in [5.41, 5.74) is 0.646. The lowest BCUT2D eigenvalue weighted by atomic mass is 10.0. The maximum absolute atomic E-state index is 12.5. The molecule has 1 fully saturated rings. The largest absolute Gasteiger partial charge is 0.494 e. The van der Waals surface area contributed by atoms with E-state index < -0.39 is 0 Å². The summed E-state index contributed by atoms with van der Waals surface area (Å²) < 4.78 is 5.39. The molecule has 1 aliphatic heterocycles. The van der Waals surface area contributed by atoms with Gasteiger partial charge in [-0.1, -0.05) is 0 Å². The van der Waals surface area contributed by atoms with E-state index >= 15 is 0 Å². The van der Waals surface area contributed by atoms with E-state index in [-0.39, 0.29) is 36.5 Å². The molecule has 0 radical (unpaired) electrons. The second kappa shape index (κ2) is 9.20. The number of amides is 2. The number of carbonyl (C=O) groups excluding carboxylic acids is 3. The second-order valence-electron chi connectivity index (χ2n) is 6.29. The summed E-state index contributed by atoms with van der Waals surface area (Å²) >= 11 is 0. The molecule has 0 spiro atoms. The van der Waals surface area contributed by atoms with Crippen LogP contribution >= 0.6 is 0 Å². The fourth-order valence-corrected chi connectivity index (χ4v) is 2.86. The monoisotopic (exact) mass is 346 g/mol. The summed E-state index contributed by atoms with van der Waals surface area (Å²) in [5.74, 6) is 0.688. The molecule has 1 N–H and O–H groups in total. The van der Waals surface area contributed by atoms with E-state index in [9.17, 15) is 14.4 Å². The fourth-order valence-electron chi connectivity index (χ4n) is 2.86. The highest BCUT2D eigenvalue weighted by atomic mass is 16.5. The number of benzene rings is 1. The predicted molar refractivity (Wildman–Crippen MR) is 94.6 cm³/mol. The van der Waals surface area contributed by atoms with E-state index in [1.807, 2.05) is 11.8 Å². The predicted octanol–water partition coefficient (Wildman–Crippen LogP) is 2.18. The van der Waals surface area contributed by atoms with Crippen molar-refractivity contribution in [2.75, 3.05) is 19.7 Å². The van der Waals surface area contributed by atoms with Gasteiger partial charge in [0.25, 0.3) is 5.91 Å². The average Bonchev–Trinajstić information content (AvgIpc) is 2.61. The third-order valence-electron chi connectivity index (χ3n) is 4.26. The Morgan fingerprint density at radius 2 is 1.76 bits per heavy atom. The maximum Gasteiger partial charge on any atom is 0.253 e. The van der Waals surface area contributed by atoms with E-state index in [2.05, 4.69) is 5.32 Å². The van der Waals surface area contributed by atoms with Crippen LogP contribution in [0.4, 0.5) is 0 Å². The Bertz CT molecular complexity index is 604. The first-order chi connectivity index (χ1) is 12.0. The molecule has 1 aromatic rings. The van der Waals surface area contributed by atoms with Crippen LogP contribution in [-0.4, -0.2) is 48.2 Å². The highest BCUT2D eigenvalue weighted by molar-refractivity contribution is 5.94. The van der Waals surface area contributed by atoms with Gasteiger partial charge in [-0.05, 0) is 51.0 Å². The Kier molecular flexibility index (Phi) is 6.98. The number of ketones is 1. The zero-order valence-corrected chi connectivity index (χ0v) is 14.9. The Hall–Kier alpha value is -2.37. The normalized spacial score (nSPS) is 14.9. The van der Waals surface area contributed by atoms with Crippen molar-refractivity contribution < 1.29 is 19.1 Å². The topological polar surface area (TPSA) is 75.7 Å². The van der Waals surface area contributed by atoms with Crippen LogP contribution in [0.25, 0.3) is 0 Å². The first-order valence-electron chi connectivity index (χ1n) is 8.80. The summed E-state index contributed by atoms with van der Waals surface area (Å²) in [6.45, 7) is 5.23. The Labute approximate surface area is 148 Å². The van der Waals surface area contributed by atoms with Gasteiger partial charge in [-0.3, -0.25) is 9.59 Å². The van der Waals surface area contributed by atoms with Gasteiger partial charge in [0.1, 0.15) is 11.5 Å². The van der Waals surface area contributed by atoms with Gasteiger partial charge in [-0.2, -0.15) is 0 Å². The Morgan fingerprint density at radius 1 is 1.12 bits per heavy atom. The van der Waals surface area contributed by atoms with Gasteiger partial charge in [-0.25, -0.2) is 0 Å². The highest BCUT2D eigenvalue weighted by Gasteiger charge is 2.24. The number of carbonyl (C=O) groups is 3. The number of likely N-dealkylation sites (tertiary alicyclic amines) is 1. The molecule has 2 amide bonds. The third kappa shape index (κ3) is 5.89. The smallest absolute Gasteiger partial charge is 0.253 e. The molecule has 6 nitrogen and oxygen atoms in total. The van der Waals surface area contributed by atoms with Crippen LogP contribution in [0.5, 0.6) is 5.75 Å². The minimum absolute atomic E-state index is 0.00408. The minimum Gasteiger partial charge on any atom is -0.494 e.